The summed E-state index contributed by atoms with van der Waals surface area (Å²) in [7, 11) is 3.47. The molecular formula is C17H20BrN3O2. The van der Waals surface area contributed by atoms with Crippen LogP contribution in [0, 0.1) is 0 Å². The van der Waals surface area contributed by atoms with Crippen molar-refractivity contribution in [3.63, 3.8) is 0 Å². The Morgan fingerprint density at radius 1 is 1.22 bits per heavy atom. The molecule has 0 spiro atoms. The lowest BCUT2D eigenvalue weighted by molar-refractivity contribution is -0.127. The predicted molar refractivity (Wildman–Crippen MR) is 94.6 cm³/mol. The molecule has 1 aromatic heterocycles. The third kappa shape index (κ3) is 4.45. The largest absolute Gasteiger partial charge is 0.349 e. The average Bonchev–Trinajstić information content (AvgIpc) is 2.90. The first-order chi connectivity index (χ1) is 10.9. The van der Waals surface area contributed by atoms with Gasteiger partial charge in [-0.05, 0) is 46.6 Å². The van der Waals surface area contributed by atoms with E-state index < -0.39 is 0 Å². The highest BCUT2D eigenvalue weighted by atomic mass is 79.9. The average molecular weight is 378 g/mol. The highest BCUT2D eigenvalue weighted by Crippen LogP contribution is 2.17. The number of halogens is 1. The zero-order valence-corrected chi connectivity index (χ0v) is 15.1. The van der Waals surface area contributed by atoms with Gasteiger partial charge in [0.1, 0.15) is 5.69 Å². The van der Waals surface area contributed by atoms with Crippen LogP contribution in [0.5, 0.6) is 0 Å². The number of amides is 2. The van der Waals surface area contributed by atoms with Crippen LogP contribution < -0.4 is 5.32 Å². The molecule has 122 valence electrons. The molecule has 5 nitrogen and oxygen atoms in total. The van der Waals surface area contributed by atoms with Crippen LogP contribution in [0.15, 0.2) is 41.0 Å². The maximum atomic E-state index is 12.3. The number of aryl methyl sites for hydroxylation is 1. The number of aromatic nitrogens is 1. The molecule has 0 atom stereocenters. The Morgan fingerprint density at radius 3 is 2.43 bits per heavy atom. The Bertz CT molecular complexity index is 705. The molecule has 0 radical (unpaired) electrons. The molecule has 23 heavy (non-hydrogen) atoms. The minimum atomic E-state index is -0.158. The van der Waals surface area contributed by atoms with Crippen LogP contribution >= 0.6 is 15.9 Å². The second-order valence-corrected chi connectivity index (χ2v) is 6.36. The molecule has 0 aliphatic rings. The van der Waals surface area contributed by atoms with Crippen molar-refractivity contribution in [2.45, 2.75) is 19.9 Å². The molecule has 0 aliphatic carbocycles. The Kier molecular flexibility index (Phi) is 5.60. The van der Waals surface area contributed by atoms with Gasteiger partial charge in [0, 0.05) is 37.0 Å². The van der Waals surface area contributed by atoms with E-state index >= 15 is 0 Å². The number of hydrogen-bond acceptors (Lipinski definition) is 2. The number of carbonyl (C=O) groups excluding carboxylic acids is 2. The van der Waals surface area contributed by atoms with Gasteiger partial charge in [-0.25, -0.2) is 0 Å². The minimum Gasteiger partial charge on any atom is -0.349 e. The first-order valence-electron chi connectivity index (χ1n) is 7.36. The van der Waals surface area contributed by atoms with Crippen LogP contribution in [-0.4, -0.2) is 35.4 Å². The SMILES string of the molecule is CCn1cc(Br)cc1C(=O)Nc1ccc(CC(=O)N(C)C)cc1. The molecule has 2 amide bonds. The van der Waals surface area contributed by atoms with E-state index in [0.29, 0.717) is 17.8 Å². The zero-order chi connectivity index (χ0) is 17.0. The van der Waals surface area contributed by atoms with Crippen molar-refractivity contribution in [1.29, 1.82) is 0 Å². The summed E-state index contributed by atoms with van der Waals surface area (Å²) in [6.07, 6.45) is 2.23. The number of nitrogens with zero attached hydrogens (tertiary/aromatic N) is 2. The zero-order valence-electron chi connectivity index (χ0n) is 13.5. The van der Waals surface area contributed by atoms with Crippen LogP contribution in [0.2, 0.25) is 0 Å². The lowest BCUT2D eigenvalue weighted by atomic mass is 10.1. The van der Waals surface area contributed by atoms with E-state index in [1.54, 1.807) is 25.1 Å². The van der Waals surface area contributed by atoms with Crippen molar-refractivity contribution in [1.82, 2.24) is 9.47 Å². The van der Waals surface area contributed by atoms with E-state index in [9.17, 15) is 9.59 Å². The fourth-order valence-corrected chi connectivity index (χ4v) is 2.62. The third-order valence-electron chi connectivity index (χ3n) is 3.50. The number of anilines is 1. The molecule has 0 saturated carbocycles. The fourth-order valence-electron chi connectivity index (χ4n) is 2.16. The minimum absolute atomic E-state index is 0.0485. The smallest absolute Gasteiger partial charge is 0.272 e. The second kappa shape index (κ2) is 7.46. The van der Waals surface area contributed by atoms with Crippen molar-refractivity contribution in [3.05, 3.63) is 52.3 Å². The summed E-state index contributed by atoms with van der Waals surface area (Å²) >= 11 is 3.38. The first kappa shape index (κ1) is 17.3. The van der Waals surface area contributed by atoms with Gasteiger partial charge in [0.15, 0.2) is 0 Å². The van der Waals surface area contributed by atoms with Crippen molar-refractivity contribution < 1.29 is 9.59 Å². The van der Waals surface area contributed by atoms with Crippen LogP contribution in [-0.2, 0) is 17.8 Å². The van der Waals surface area contributed by atoms with Crippen LogP contribution in [0.4, 0.5) is 5.69 Å². The number of rotatable bonds is 5. The highest BCUT2D eigenvalue weighted by molar-refractivity contribution is 9.10. The summed E-state index contributed by atoms with van der Waals surface area (Å²) in [5.74, 6) is -0.109. The standard InChI is InChI=1S/C17H20BrN3O2/c1-4-21-11-13(18)10-15(21)17(23)19-14-7-5-12(6-8-14)9-16(22)20(2)3/h5-8,10-11H,4,9H2,1-3H3,(H,19,23). The molecule has 2 aromatic rings. The van der Waals surface area contributed by atoms with Gasteiger partial charge < -0.3 is 14.8 Å². The van der Waals surface area contributed by atoms with Gasteiger partial charge in [0.2, 0.25) is 5.91 Å². The first-order valence-corrected chi connectivity index (χ1v) is 8.16. The highest BCUT2D eigenvalue weighted by Gasteiger charge is 2.12. The number of benzene rings is 1. The lowest BCUT2D eigenvalue weighted by Gasteiger charge is -2.11. The number of likely N-dealkylation sites (N-methyl/N-ethyl adjacent to an activating group) is 1. The topological polar surface area (TPSA) is 54.3 Å². The van der Waals surface area contributed by atoms with Crippen LogP contribution in [0.25, 0.3) is 0 Å². The van der Waals surface area contributed by atoms with Gasteiger partial charge in [0.25, 0.3) is 5.91 Å². The summed E-state index contributed by atoms with van der Waals surface area (Å²) in [4.78, 5) is 25.6. The summed E-state index contributed by atoms with van der Waals surface area (Å²) in [5, 5.41) is 2.87. The molecule has 1 N–H and O–H groups in total. The number of hydrogen-bond donors (Lipinski definition) is 1. The van der Waals surface area contributed by atoms with E-state index in [1.165, 1.54) is 0 Å². The van der Waals surface area contributed by atoms with Crippen molar-refractivity contribution in [2.75, 3.05) is 19.4 Å². The monoisotopic (exact) mass is 377 g/mol. The Labute approximate surface area is 144 Å². The van der Waals surface area contributed by atoms with E-state index in [0.717, 1.165) is 16.6 Å². The predicted octanol–water partition coefficient (Wildman–Crippen LogP) is 3.15. The van der Waals surface area contributed by atoms with Gasteiger partial charge in [-0.1, -0.05) is 12.1 Å². The maximum Gasteiger partial charge on any atom is 0.272 e. The molecule has 0 aliphatic heterocycles. The lowest BCUT2D eigenvalue weighted by Crippen LogP contribution is -2.23. The molecule has 0 unspecified atom stereocenters. The van der Waals surface area contributed by atoms with Gasteiger partial charge >= 0.3 is 0 Å². The van der Waals surface area contributed by atoms with E-state index in [2.05, 4.69) is 21.2 Å². The molecular weight excluding hydrogens is 358 g/mol. The Morgan fingerprint density at radius 2 is 1.87 bits per heavy atom. The van der Waals surface area contributed by atoms with Crippen molar-refractivity contribution in [3.8, 4) is 0 Å². The molecule has 2 rings (SSSR count). The van der Waals surface area contributed by atoms with E-state index in [1.807, 2.05) is 42.0 Å². The molecule has 0 fully saturated rings. The summed E-state index contributed by atoms with van der Waals surface area (Å²) in [5.41, 5.74) is 2.23. The molecule has 1 heterocycles. The fraction of sp³-hybridized carbons (Fsp3) is 0.294. The molecule has 6 heteroatoms. The second-order valence-electron chi connectivity index (χ2n) is 5.45. The van der Waals surface area contributed by atoms with Gasteiger partial charge in [-0.15, -0.1) is 0 Å². The van der Waals surface area contributed by atoms with E-state index in [-0.39, 0.29) is 11.8 Å². The molecule has 0 saturated heterocycles. The quantitative estimate of drug-likeness (QED) is 0.869. The Balaban J connectivity index is 2.05. The van der Waals surface area contributed by atoms with Gasteiger partial charge in [-0.2, -0.15) is 0 Å². The summed E-state index contributed by atoms with van der Waals surface area (Å²) < 4.78 is 2.76. The van der Waals surface area contributed by atoms with E-state index in [4.69, 9.17) is 0 Å². The number of nitrogens with one attached hydrogen (secondary N) is 1. The van der Waals surface area contributed by atoms with Gasteiger partial charge in [0.05, 0.1) is 6.42 Å². The summed E-state index contributed by atoms with van der Waals surface area (Å²) in [6.45, 7) is 2.71. The molecule has 1 aromatic carbocycles. The Hall–Kier alpha value is -2.08. The normalized spacial score (nSPS) is 10.4. The maximum absolute atomic E-state index is 12.3. The van der Waals surface area contributed by atoms with Crippen molar-refractivity contribution >= 4 is 33.4 Å². The van der Waals surface area contributed by atoms with Crippen LogP contribution in [0.3, 0.4) is 0 Å². The molecule has 0 bridgehead atoms. The summed E-state index contributed by atoms with van der Waals surface area (Å²) in [6, 6.07) is 9.12. The van der Waals surface area contributed by atoms with Crippen molar-refractivity contribution in [2.24, 2.45) is 0 Å². The van der Waals surface area contributed by atoms with Crippen LogP contribution in [0.1, 0.15) is 23.0 Å². The number of carbonyl (C=O) groups is 2. The van der Waals surface area contributed by atoms with Gasteiger partial charge in [-0.3, -0.25) is 9.59 Å². The third-order valence-corrected chi connectivity index (χ3v) is 3.94.